The van der Waals surface area contributed by atoms with Gasteiger partial charge in [-0.25, -0.2) is 0 Å². The molecule has 0 aliphatic rings. The van der Waals surface area contributed by atoms with E-state index in [-0.39, 0.29) is 5.75 Å². The van der Waals surface area contributed by atoms with Crippen LogP contribution in [0.2, 0.25) is 0 Å². The largest absolute Gasteiger partial charge is 0.507 e. The fraction of sp³-hybridized carbons (Fsp3) is 0. The van der Waals surface area contributed by atoms with Crippen LogP contribution in [0.3, 0.4) is 0 Å². The molecule has 1 aromatic carbocycles. The Bertz CT molecular complexity index is 739. The zero-order valence-electron chi connectivity index (χ0n) is 8.05. The molecule has 2 aromatic rings. The lowest BCUT2D eigenvalue weighted by Gasteiger charge is -2.04. The van der Waals surface area contributed by atoms with Crippen LogP contribution < -0.4 is 11.0 Å². The molecule has 17 heavy (non-hydrogen) atoms. The third kappa shape index (κ3) is 2.19. The highest BCUT2D eigenvalue weighted by Gasteiger charge is 2.12. The first kappa shape index (κ1) is 12.8. The number of halogens is 3. The van der Waals surface area contributed by atoms with Gasteiger partial charge in [-0.15, -0.1) is 0 Å². The molecule has 7 heteroatoms. The number of benzene rings is 1. The van der Waals surface area contributed by atoms with Crippen LogP contribution in [0.15, 0.2) is 35.1 Å². The average Bonchev–Trinajstić information content (AvgIpc) is 2.34. The first-order valence-electron chi connectivity index (χ1n) is 4.35. The van der Waals surface area contributed by atoms with Crippen LogP contribution in [0.5, 0.6) is 5.75 Å². The van der Waals surface area contributed by atoms with Crippen molar-refractivity contribution in [2.24, 2.45) is 0 Å². The molecule has 0 fully saturated rings. The summed E-state index contributed by atoms with van der Waals surface area (Å²) < 4.78 is 1.91. The van der Waals surface area contributed by atoms with Crippen molar-refractivity contribution in [3.8, 4) is 5.75 Å². The Morgan fingerprint density at radius 3 is 2.35 bits per heavy atom. The molecule has 0 bridgehead atoms. The lowest BCUT2D eigenvalue weighted by molar-refractivity contribution is 0.481. The van der Waals surface area contributed by atoms with Crippen molar-refractivity contribution >= 4 is 58.7 Å². The van der Waals surface area contributed by atoms with Gasteiger partial charge in [-0.2, -0.15) is 0 Å². The van der Waals surface area contributed by atoms with E-state index >= 15 is 0 Å². The minimum atomic E-state index is -0.794. The highest BCUT2D eigenvalue weighted by Crippen LogP contribution is 2.39. The van der Waals surface area contributed by atoms with Crippen molar-refractivity contribution in [2.45, 2.75) is 0 Å². The van der Waals surface area contributed by atoms with Crippen LogP contribution in [0.4, 0.5) is 0 Å². The number of rotatable bonds is 0. The van der Waals surface area contributed by atoms with Crippen LogP contribution in [0.1, 0.15) is 0 Å². The molecule has 4 nitrogen and oxygen atoms in total. The molecule has 0 saturated carbocycles. The molecule has 0 aliphatic heterocycles. The van der Waals surface area contributed by atoms with Gasteiger partial charge >= 0.3 is 0 Å². The van der Waals surface area contributed by atoms with E-state index in [0.717, 1.165) is 6.07 Å². The highest BCUT2D eigenvalue weighted by atomic mass is 79.9. The Morgan fingerprint density at radius 1 is 1.06 bits per heavy atom. The summed E-state index contributed by atoms with van der Waals surface area (Å²) in [6, 6.07) is 2.50. The van der Waals surface area contributed by atoms with Gasteiger partial charge < -0.3 is 10.1 Å². The number of aromatic amines is 1. The fourth-order valence-corrected chi connectivity index (χ4v) is 3.03. The van der Waals surface area contributed by atoms with Gasteiger partial charge in [0.1, 0.15) is 5.75 Å². The smallest absolute Gasteiger partial charge is 0.296 e. The van der Waals surface area contributed by atoms with Crippen molar-refractivity contribution in [2.75, 3.05) is 0 Å². The molecule has 88 valence electrons. The maximum Gasteiger partial charge on any atom is 0.296 e. The lowest BCUT2D eigenvalue weighted by atomic mass is 10.2. The molecule has 0 atom stereocenters. The normalized spacial score (nSPS) is 10.8. The van der Waals surface area contributed by atoms with Gasteiger partial charge in [-0.05, 0) is 53.9 Å². The summed E-state index contributed by atoms with van der Waals surface area (Å²) in [5.41, 5.74) is -1.22. The summed E-state index contributed by atoms with van der Waals surface area (Å²) >= 11 is 9.89. The average molecular weight is 426 g/mol. The Balaban J connectivity index is 3.19. The van der Waals surface area contributed by atoms with Crippen molar-refractivity contribution < 1.29 is 5.11 Å². The maximum absolute atomic E-state index is 11.4. The van der Waals surface area contributed by atoms with Crippen LogP contribution in [0, 0.1) is 0 Å². The van der Waals surface area contributed by atoms with Crippen LogP contribution in [0.25, 0.3) is 10.9 Å². The van der Waals surface area contributed by atoms with Crippen LogP contribution >= 0.6 is 47.8 Å². The fourth-order valence-electron chi connectivity index (χ4n) is 1.39. The molecule has 0 saturated heterocycles. The monoisotopic (exact) mass is 423 g/mol. The SMILES string of the molecule is O=c1cc(O)c2c(Br)c(Br)c(Br)cc2[nH]c1=O. The van der Waals surface area contributed by atoms with E-state index < -0.39 is 11.0 Å². The van der Waals surface area contributed by atoms with Gasteiger partial charge in [0, 0.05) is 19.5 Å². The molecule has 0 radical (unpaired) electrons. The molecule has 0 aliphatic carbocycles. The molecule has 0 amide bonds. The van der Waals surface area contributed by atoms with E-state index in [1.165, 1.54) is 0 Å². The summed E-state index contributed by atoms with van der Waals surface area (Å²) in [7, 11) is 0. The predicted molar refractivity (Wildman–Crippen MR) is 75.6 cm³/mol. The number of nitrogens with one attached hydrogen (secondary N) is 1. The third-order valence-corrected chi connectivity index (χ3v) is 5.46. The zero-order chi connectivity index (χ0) is 12.7. The number of fused-ring (bicyclic) bond motifs is 1. The van der Waals surface area contributed by atoms with E-state index in [1.54, 1.807) is 6.07 Å². The maximum atomic E-state index is 11.4. The molecule has 2 rings (SSSR count). The summed E-state index contributed by atoms with van der Waals surface area (Å²) in [5, 5.41) is 10.2. The Kier molecular flexibility index (Phi) is 3.42. The molecule has 0 spiro atoms. The standard InChI is InChI=1S/C10H4Br3NO3/c11-3-1-4-7(9(13)8(3)12)5(15)2-6(16)10(17)14-4/h1-2,15H,(H,14,16,17). The lowest BCUT2D eigenvalue weighted by Crippen LogP contribution is -2.22. The van der Waals surface area contributed by atoms with Gasteiger partial charge in [-0.3, -0.25) is 9.59 Å². The number of hydrogen-bond donors (Lipinski definition) is 2. The van der Waals surface area contributed by atoms with Gasteiger partial charge in [0.25, 0.3) is 5.56 Å². The van der Waals surface area contributed by atoms with E-state index in [2.05, 4.69) is 52.8 Å². The third-order valence-electron chi connectivity index (χ3n) is 2.16. The Hall–Kier alpha value is -0.660. The number of aromatic nitrogens is 1. The highest BCUT2D eigenvalue weighted by molar-refractivity contribution is 9.14. The summed E-state index contributed by atoms with van der Waals surface area (Å²) in [5.74, 6) is -0.261. The number of aromatic hydroxyl groups is 1. The van der Waals surface area contributed by atoms with Gasteiger partial charge in [0.05, 0.1) is 10.9 Å². The molecular formula is C10H4Br3NO3. The predicted octanol–water partition coefficient (Wildman–Crippen LogP) is 2.88. The summed E-state index contributed by atoms with van der Waals surface area (Å²) in [6.45, 7) is 0. The number of hydrogen-bond acceptors (Lipinski definition) is 3. The van der Waals surface area contributed by atoms with Crippen molar-refractivity contribution in [1.29, 1.82) is 0 Å². The summed E-state index contributed by atoms with van der Waals surface area (Å²) in [4.78, 5) is 25.1. The first-order valence-corrected chi connectivity index (χ1v) is 6.73. The second-order valence-electron chi connectivity index (χ2n) is 3.26. The minimum absolute atomic E-state index is 0.261. The quantitative estimate of drug-likeness (QED) is 0.503. The summed E-state index contributed by atoms with van der Waals surface area (Å²) in [6.07, 6.45) is 0. The van der Waals surface area contributed by atoms with Crippen LogP contribution in [-0.4, -0.2) is 10.1 Å². The van der Waals surface area contributed by atoms with E-state index in [4.69, 9.17) is 0 Å². The van der Waals surface area contributed by atoms with Gasteiger partial charge in [-0.1, -0.05) is 0 Å². The molecule has 1 heterocycles. The molecule has 1 aromatic heterocycles. The molecule has 2 N–H and O–H groups in total. The zero-order valence-corrected chi connectivity index (χ0v) is 12.8. The number of H-pyrrole nitrogens is 1. The van der Waals surface area contributed by atoms with Crippen molar-refractivity contribution in [3.63, 3.8) is 0 Å². The van der Waals surface area contributed by atoms with Gasteiger partial charge in [0.2, 0.25) is 5.43 Å². The van der Waals surface area contributed by atoms with E-state index in [1.807, 2.05) is 0 Å². The molecular weight excluding hydrogens is 422 g/mol. The van der Waals surface area contributed by atoms with Crippen molar-refractivity contribution in [3.05, 3.63) is 46.1 Å². The topological polar surface area (TPSA) is 70.2 Å². The second-order valence-corrected chi connectivity index (χ2v) is 5.70. The van der Waals surface area contributed by atoms with Crippen molar-refractivity contribution in [1.82, 2.24) is 4.98 Å². The second kappa shape index (κ2) is 4.55. The van der Waals surface area contributed by atoms with Gasteiger partial charge in [0.15, 0.2) is 0 Å². The Morgan fingerprint density at radius 2 is 1.71 bits per heavy atom. The van der Waals surface area contributed by atoms with E-state index in [0.29, 0.717) is 24.3 Å². The van der Waals surface area contributed by atoms with Crippen LogP contribution in [-0.2, 0) is 0 Å². The Labute approximate surface area is 120 Å². The molecule has 0 unspecified atom stereocenters. The minimum Gasteiger partial charge on any atom is -0.507 e. The first-order chi connectivity index (χ1) is 7.91. The van der Waals surface area contributed by atoms with E-state index in [9.17, 15) is 14.7 Å².